The number of aryl methyl sites for hydroxylation is 2. The molecule has 0 saturated carbocycles. The molecule has 106 valence electrons. The minimum absolute atomic E-state index is 0.405. The molecule has 0 spiro atoms. The van der Waals surface area contributed by atoms with Gasteiger partial charge in [-0.1, -0.05) is 54.6 Å². The van der Waals surface area contributed by atoms with Gasteiger partial charge in [0.05, 0.1) is 0 Å². The van der Waals surface area contributed by atoms with E-state index in [0.717, 1.165) is 6.42 Å². The Labute approximate surface area is 123 Å². The van der Waals surface area contributed by atoms with Gasteiger partial charge in [0.15, 0.2) is 0 Å². The summed E-state index contributed by atoms with van der Waals surface area (Å²) in [7, 11) is 0. The van der Waals surface area contributed by atoms with E-state index in [-0.39, 0.29) is 0 Å². The van der Waals surface area contributed by atoms with Gasteiger partial charge in [0, 0.05) is 12.1 Å². The maximum absolute atomic E-state index is 3.71. The third-order valence-electron chi connectivity index (χ3n) is 3.90. The normalized spacial score (nSPS) is 13.9. The second-order valence-corrected chi connectivity index (χ2v) is 5.67. The van der Waals surface area contributed by atoms with E-state index in [4.69, 9.17) is 0 Å². The summed E-state index contributed by atoms with van der Waals surface area (Å²) < 4.78 is 0. The number of benzene rings is 2. The first kappa shape index (κ1) is 14.8. The van der Waals surface area contributed by atoms with Crippen molar-refractivity contribution >= 4 is 0 Å². The molecule has 0 aliphatic rings. The van der Waals surface area contributed by atoms with E-state index >= 15 is 0 Å². The molecule has 1 unspecified atom stereocenters. The van der Waals surface area contributed by atoms with Crippen molar-refractivity contribution in [3.63, 3.8) is 0 Å². The van der Waals surface area contributed by atoms with Crippen LogP contribution in [0.1, 0.15) is 43.0 Å². The van der Waals surface area contributed by atoms with Gasteiger partial charge in [-0.25, -0.2) is 0 Å². The Kier molecular flexibility index (Phi) is 5.37. The lowest BCUT2D eigenvalue weighted by atomic mass is 10.0. The van der Waals surface area contributed by atoms with E-state index in [1.54, 1.807) is 0 Å². The van der Waals surface area contributed by atoms with Crippen molar-refractivity contribution in [1.82, 2.24) is 5.32 Å². The third-order valence-corrected chi connectivity index (χ3v) is 3.90. The molecule has 20 heavy (non-hydrogen) atoms. The zero-order valence-corrected chi connectivity index (χ0v) is 12.8. The molecule has 1 nitrogen and oxygen atoms in total. The molecule has 0 amide bonds. The van der Waals surface area contributed by atoms with Crippen LogP contribution < -0.4 is 5.32 Å². The van der Waals surface area contributed by atoms with E-state index in [0.29, 0.717) is 12.1 Å². The monoisotopic (exact) mass is 267 g/mol. The maximum atomic E-state index is 3.71. The molecule has 0 aliphatic carbocycles. The van der Waals surface area contributed by atoms with Crippen LogP contribution in [0.3, 0.4) is 0 Å². The lowest BCUT2D eigenvalue weighted by Gasteiger charge is -2.22. The number of hydrogen-bond acceptors (Lipinski definition) is 1. The molecule has 0 saturated heterocycles. The van der Waals surface area contributed by atoms with Gasteiger partial charge in [0.2, 0.25) is 0 Å². The van der Waals surface area contributed by atoms with Crippen molar-refractivity contribution in [2.45, 2.75) is 45.7 Å². The highest BCUT2D eigenvalue weighted by molar-refractivity contribution is 5.28. The van der Waals surface area contributed by atoms with Crippen molar-refractivity contribution in [1.29, 1.82) is 0 Å². The SMILES string of the molecule is Cc1ccccc1[C@H](C)NC(C)CCc1ccccc1. The third kappa shape index (κ3) is 4.21. The van der Waals surface area contributed by atoms with Crippen molar-refractivity contribution in [3.8, 4) is 0 Å². The lowest BCUT2D eigenvalue weighted by Crippen LogP contribution is -2.29. The second kappa shape index (κ2) is 7.25. The van der Waals surface area contributed by atoms with E-state index in [1.807, 2.05) is 0 Å². The van der Waals surface area contributed by atoms with Crippen LogP contribution >= 0.6 is 0 Å². The Bertz CT molecular complexity index is 518. The summed E-state index contributed by atoms with van der Waals surface area (Å²) in [5.41, 5.74) is 4.19. The van der Waals surface area contributed by atoms with Gasteiger partial charge in [-0.15, -0.1) is 0 Å². The van der Waals surface area contributed by atoms with Crippen LogP contribution in [0.5, 0.6) is 0 Å². The summed E-state index contributed by atoms with van der Waals surface area (Å²) in [6.07, 6.45) is 2.30. The molecule has 0 aliphatic heterocycles. The molecule has 2 rings (SSSR count). The zero-order valence-electron chi connectivity index (χ0n) is 12.8. The molecule has 2 atom stereocenters. The minimum atomic E-state index is 0.405. The average Bonchev–Trinajstić information content (AvgIpc) is 2.46. The van der Waals surface area contributed by atoms with Crippen molar-refractivity contribution in [2.24, 2.45) is 0 Å². The van der Waals surface area contributed by atoms with Crippen molar-refractivity contribution < 1.29 is 0 Å². The Morgan fingerprint density at radius 3 is 2.25 bits per heavy atom. The predicted octanol–water partition coefficient (Wildman–Crippen LogP) is 4.67. The van der Waals surface area contributed by atoms with E-state index in [9.17, 15) is 0 Å². The Morgan fingerprint density at radius 1 is 0.900 bits per heavy atom. The van der Waals surface area contributed by atoms with Crippen molar-refractivity contribution in [2.75, 3.05) is 0 Å². The van der Waals surface area contributed by atoms with Crippen LogP contribution in [0.4, 0.5) is 0 Å². The predicted molar refractivity (Wildman–Crippen MR) is 87.0 cm³/mol. The van der Waals surface area contributed by atoms with Crippen LogP contribution in [0.2, 0.25) is 0 Å². The highest BCUT2D eigenvalue weighted by atomic mass is 14.9. The van der Waals surface area contributed by atoms with Gasteiger partial charge in [0.1, 0.15) is 0 Å². The van der Waals surface area contributed by atoms with E-state index in [1.165, 1.54) is 23.1 Å². The summed E-state index contributed by atoms with van der Waals surface area (Å²) in [5.74, 6) is 0. The Hall–Kier alpha value is -1.60. The van der Waals surface area contributed by atoms with Crippen LogP contribution in [0.15, 0.2) is 54.6 Å². The number of hydrogen-bond donors (Lipinski definition) is 1. The highest BCUT2D eigenvalue weighted by Crippen LogP contribution is 2.18. The fraction of sp³-hybridized carbons (Fsp3) is 0.368. The van der Waals surface area contributed by atoms with Crippen LogP contribution in [-0.2, 0) is 6.42 Å². The first-order chi connectivity index (χ1) is 9.66. The van der Waals surface area contributed by atoms with Gasteiger partial charge in [-0.05, 0) is 50.3 Å². The Morgan fingerprint density at radius 2 is 1.55 bits per heavy atom. The first-order valence-corrected chi connectivity index (χ1v) is 7.52. The Balaban J connectivity index is 1.85. The summed E-state index contributed by atoms with van der Waals surface area (Å²) >= 11 is 0. The zero-order chi connectivity index (χ0) is 14.4. The molecular weight excluding hydrogens is 242 g/mol. The van der Waals surface area contributed by atoms with Gasteiger partial charge in [0.25, 0.3) is 0 Å². The van der Waals surface area contributed by atoms with E-state index in [2.05, 4.69) is 80.7 Å². The standard InChI is InChI=1S/C19H25N/c1-15-9-7-8-12-19(15)17(3)20-16(2)13-14-18-10-5-4-6-11-18/h4-12,16-17,20H,13-14H2,1-3H3/t16?,17-/m0/s1. The summed E-state index contributed by atoms with van der Waals surface area (Å²) in [6.45, 7) is 6.71. The van der Waals surface area contributed by atoms with Gasteiger partial charge in [-0.3, -0.25) is 0 Å². The molecule has 0 bridgehead atoms. The van der Waals surface area contributed by atoms with Crippen LogP contribution in [0.25, 0.3) is 0 Å². The molecule has 0 aromatic heterocycles. The van der Waals surface area contributed by atoms with Gasteiger partial charge < -0.3 is 5.32 Å². The topological polar surface area (TPSA) is 12.0 Å². The molecule has 0 fully saturated rings. The smallest absolute Gasteiger partial charge is 0.0296 e. The quantitative estimate of drug-likeness (QED) is 0.802. The van der Waals surface area contributed by atoms with Gasteiger partial charge >= 0.3 is 0 Å². The maximum Gasteiger partial charge on any atom is 0.0296 e. The lowest BCUT2D eigenvalue weighted by molar-refractivity contribution is 0.455. The van der Waals surface area contributed by atoms with Crippen LogP contribution in [-0.4, -0.2) is 6.04 Å². The van der Waals surface area contributed by atoms with Crippen molar-refractivity contribution in [3.05, 3.63) is 71.3 Å². The molecule has 0 radical (unpaired) electrons. The minimum Gasteiger partial charge on any atom is -0.308 e. The first-order valence-electron chi connectivity index (χ1n) is 7.52. The summed E-state index contributed by atoms with van der Waals surface area (Å²) in [4.78, 5) is 0. The molecular formula is C19H25N. The second-order valence-electron chi connectivity index (χ2n) is 5.67. The average molecular weight is 267 g/mol. The molecule has 1 N–H and O–H groups in total. The fourth-order valence-corrected chi connectivity index (χ4v) is 2.70. The van der Waals surface area contributed by atoms with E-state index < -0.39 is 0 Å². The largest absolute Gasteiger partial charge is 0.308 e. The highest BCUT2D eigenvalue weighted by Gasteiger charge is 2.11. The number of rotatable bonds is 6. The summed E-state index contributed by atoms with van der Waals surface area (Å²) in [5, 5.41) is 3.71. The summed E-state index contributed by atoms with van der Waals surface area (Å²) in [6, 6.07) is 20.3. The fourth-order valence-electron chi connectivity index (χ4n) is 2.70. The van der Waals surface area contributed by atoms with Gasteiger partial charge in [-0.2, -0.15) is 0 Å². The molecule has 0 heterocycles. The molecule has 2 aromatic carbocycles. The number of nitrogens with one attached hydrogen (secondary N) is 1. The molecule has 2 aromatic rings. The van der Waals surface area contributed by atoms with Crippen LogP contribution in [0, 0.1) is 6.92 Å². The molecule has 1 heteroatoms.